The van der Waals surface area contributed by atoms with Crippen LogP contribution in [0, 0.1) is 0 Å². The molecular weight excluding hydrogens is 319 g/mol. The van der Waals surface area contributed by atoms with Gasteiger partial charge in [0.15, 0.2) is 5.58 Å². The maximum absolute atomic E-state index is 5.95. The number of nitrogens with one attached hydrogen (secondary N) is 1. The number of amidine groups is 1. The average Bonchev–Trinajstić information content (AvgIpc) is 2.63. The van der Waals surface area contributed by atoms with Gasteiger partial charge in [0.25, 0.3) is 0 Å². The zero-order chi connectivity index (χ0) is 17.0. The molecule has 0 fully saturated rings. The summed E-state index contributed by atoms with van der Waals surface area (Å²) < 4.78 is 11.9. The minimum Gasteiger partial charge on any atom is -0.336 e. The fraction of sp³-hybridized carbons (Fsp3) is 0.316. The zero-order valence-electron chi connectivity index (χ0n) is 14.3. The molecule has 0 aliphatic carbocycles. The van der Waals surface area contributed by atoms with Gasteiger partial charge >= 0.3 is 0 Å². The summed E-state index contributed by atoms with van der Waals surface area (Å²) in [4.78, 5) is 4.74. The molecule has 128 valence electrons. The molecule has 0 aromatic heterocycles. The maximum atomic E-state index is 5.95. The van der Waals surface area contributed by atoms with Crippen molar-refractivity contribution in [2.75, 3.05) is 18.5 Å². The average molecular weight is 344 g/mol. The first-order chi connectivity index (χ1) is 11.8. The van der Waals surface area contributed by atoms with E-state index in [0.29, 0.717) is 13.2 Å². The van der Waals surface area contributed by atoms with Crippen LogP contribution in [-0.2, 0) is 9.05 Å². The van der Waals surface area contributed by atoms with Gasteiger partial charge in [0.2, 0.25) is 8.38 Å². The summed E-state index contributed by atoms with van der Waals surface area (Å²) in [6, 6.07) is 19.9. The molecule has 0 atom stereocenters. The largest absolute Gasteiger partial charge is 0.336 e. The fourth-order valence-corrected chi connectivity index (χ4v) is 3.33. The van der Waals surface area contributed by atoms with Crippen molar-refractivity contribution in [2.24, 2.45) is 4.99 Å². The van der Waals surface area contributed by atoms with Crippen molar-refractivity contribution in [1.82, 2.24) is 0 Å². The molecule has 0 bridgehead atoms. The van der Waals surface area contributed by atoms with E-state index in [-0.39, 0.29) is 0 Å². The molecule has 5 heteroatoms. The number of rotatable bonds is 9. The van der Waals surface area contributed by atoms with Gasteiger partial charge in [0.05, 0.1) is 18.9 Å². The molecule has 0 unspecified atom stereocenters. The quantitative estimate of drug-likeness (QED) is 0.347. The van der Waals surface area contributed by atoms with Crippen molar-refractivity contribution in [3.8, 4) is 0 Å². The molecule has 0 aliphatic rings. The lowest BCUT2D eigenvalue weighted by atomic mass is 10.3. The molecule has 0 aliphatic heterocycles. The Labute approximate surface area is 145 Å². The zero-order valence-corrected chi connectivity index (χ0v) is 15.2. The van der Waals surface area contributed by atoms with Crippen LogP contribution in [0.3, 0.4) is 0 Å². The predicted octanol–water partition coefficient (Wildman–Crippen LogP) is 5.95. The smallest absolute Gasteiger partial charge is 0.243 e. The molecule has 0 spiro atoms. The van der Waals surface area contributed by atoms with Crippen molar-refractivity contribution >= 4 is 25.3 Å². The van der Waals surface area contributed by atoms with E-state index >= 15 is 0 Å². The number of hydrogen-bond donors (Lipinski definition) is 1. The van der Waals surface area contributed by atoms with Gasteiger partial charge in [-0.15, -0.1) is 0 Å². The Bertz CT molecular complexity index is 597. The summed E-state index contributed by atoms with van der Waals surface area (Å²) >= 11 is 0. The van der Waals surface area contributed by atoms with Gasteiger partial charge in [-0.05, 0) is 37.1 Å². The number of para-hydroxylation sites is 2. The number of aliphatic imine (C=N–C) groups is 1. The van der Waals surface area contributed by atoms with E-state index in [1.54, 1.807) is 0 Å². The van der Waals surface area contributed by atoms with Crippen molar-refractivity contribution in [1.29, 1.82) is 0 Å². The summed E-state index contributed by atoms with van der Waals surface area (Å²) in [6.45, 7) is 5.48. The summed E-state index contributed by atoms with van der Waals surface area (Å²) in [5.41, 5.74) is 2.58. The third-order valence-corrected chi connectivity index (χ3v) is 4.41. The van der Waals surface area contributed by atoms with Gasteiger partial charge in [0.1, 0.15) is 0 Å². The highest BCUT2D eigenvalue weighted by molar-refractivity contribution is 7.67. The van der Waals surface area contributed by atoms with E-state index in [4.69, 9.17) is 14.0 Å². The minimum absolute atomic E-state index is 0.652. The van der Waals surface area contributed by atoms with Crippen molar-refractivity contribution < 1.29 is 9.05 Å². The van der Waals surface area contributed by atoms with Gasteiger partial charge < -0.3 is 14.4 Å². The minimum atomic E-state index is -1.24. The molecule has 0 radical (unpaired) electrons. The van der Waals surface area contributed by atoms with Gasteiger partial charge in [-0.2, -0.15) is 0 Å². The van der Waals surface area contributed by atoms with E-state index in [1.807, 2.05) is 60.7 Å². The van der Waals surface area contributed by atoms with Crippen LogP contribution in [0.1, 0.15) is 26.7 Å². The Kier molecular flexibility index (Phi) is 8.47. The molecule has 0 saturated heterocycles. The molecule has 2 aromatic carbocycles. The van der Waals surface area contributed by atoms with Crippen LogP contribution in [0.5, 0.6) is 0 Å². The monoisotopic (exact) mass is 344 g/mol. The predicted molar refractivity (Wildman–Crippen MR) is 103 cm³/mol. The Balaban J connectivity index is 2.26. The van der Waals surface area contributed by atoms with Crippen LogP contribution in [0.15, 0.2) is 65.7 Å². The normalized spacial score (nSPS) is 11.7. The number of hydrogen-bond acceptors (Lipinski definition) is 3. The Hall–Kier alpha value is -1.74. The highest BCUT2D eigenvalue weighted by Gasteiger charge is 2.19. The first kappa shape index (κ1) is 18.6. The Morgan fingerprint density at radius 2 is 1.42 bits per heavy atom. The van der Waals surface area contributed by atoms with Gasteiger partial charge in [-0.25, -0.2) is 4.99 Å². The van der Waals surface area contributed by atoms with Crippen molar-refractivity contribution in [3.63, 3.8) is 0 Å². The van der Waals surface area contributed by atoms with E-state index < -0.39 is 8.38 Å². The molecule has 24 heavy (non-hydrogen) atoms. The third kappa shape index (κ3) is 6.40. The van der Waals surface area contributed by atoms with Crippen LogP contribution < -0.4 is 5.32 Å². The number of nitrogens with zero attached hydrogens (tertiary/aromatic N) is 1. The maximum Gasteiger partial charge on any atom is 0.243 e. The first-order valence-corrected chi connectivity index (χ1v) is 9.53. The van der Waals surface area contributed by atoms with Gasteiger partial charge in [0, 0.05) is 5.69 Å². The lowest BCUT2D eigenvalue weighted by molar-refractivity contribution is 0.259. The second kappa shape index (κ2) is 10.9. The molecule has 0 saturated carbocycles. The second-order valence-corrected chi connectivity index (χ2v) is 6.64. The summed E-state index contributed by atoms with van der Waals surface area (Å²) in [5, 5.41) is 3.37. The second-order valence-electron chi connectivity index (χ2n) is 5.19. The molecule has 2 rings (SSSR count). The third-order valence-electron chi connectivity index (χ3n) is 3.02. The van der Waals surface area contributed by atoms with Crippen LogP contribution in [0.4, 0.5) is 11.4 Å². The fourth-order valence-electron chi connectivity index (χ4n) is 1.90. The van der Waals surface area contributed by atoms with Gasteiger partial charge in [-0.1, -0.05) is 50.2 Å². The summed E-state index contributed by atoms with van der Waals surface area (Å²) in [6.07, 6.45) is 1.89. The highest BCUT2D eigenvalue weighted by atomic mass is 31.2. The van der Waals surface area contributed by atoms with E-state index in [0.717, 1.165) is 29.8 Å². The molecule has 0 amide bonds. The van der Waals surface area contributed by atoms with Crippen LogP contribution in [0.2, 0.25) is 0 Å². The van der Waals surface area contributed by atoms with Crippen molar-refractivity contribution in [2.45, 2.75) is 26.7 Å². The molecule has 1 N–H and O–H groups in total. The molecule has 2 aromatic rings. The number of anilines is 1. The molecular formula is C19H25N2O2P. The van der Waals surface area contributed by atoms with Crippen LogP contribution in [-0.4, -0.2) is 18.8 Å². The lowest BCUT2D eigenvalue weighted by Gasteiger charge is -2.20. The molecule has 0 heterocycles. The Morgan fingerprint density at radius 3 is 1.96 bits per heavy atom. The lowest BCUT2D eigenvalue weighted by Crippen LogP contribution is -2.13. The van der Waals surface area contributed by atoms with E-state index in [1.165, 1.54) is 0 Å². The van der Waals surface area contributed by atoms with Gasteiger partial charge in [-0.3, -0.25) is 0 Å². The molecule has 4 nitrogen and oxygen atoms in total. The summed E-state index contributed by atoms with van der Waals surface area (Å²) in [7, 11) is -1.24. The SMILES string of the molecule is CCCOP(OCCC)C(=Nc1ccccc1)Nc1ccccc1. The topological polar surface area (TPSA) is 42.9 Å². The van der Waals surface area contributed by atoms with E-state index in [9.17, 15) is 0 Å². The number of benzene rings is 2. The standard InChI is InChI=1S/C19H25N2O2P/c1-3-15-22-24(23-16-4-2)19(20-17-11-7-5-8-12-17)21-18-13-9-6-10-14-18/h5-14H,3-4,15-16H2,1-2H3,(H,20,21). The first-order valence-electron chi connectivity index (χ1n) is 8.35. The van der Waals surface area contributed by atoms with E-state index in [2.05, 4.69) is 19.2 Å². The highest BCUT2D eigenvalue weighted by Crippen LogP contribution is 2.41. The van der Waals surface area contributed by atoms with Crippen LogP contribution >= 0.6 is 8.38 Å². The Morgan fingerprint density at radius 1 is 0.875 bits per heavy atom. The van der Waals surface area contributed by atoms with Crippen molar-refractivity contribution in [3.05, 3.63) is 60.7 Å². The van der Waals surface area contributed by atoms with Crippen LogP contribution in [0.25, 0.3) is 0 Å². The summed E-state index contributed by atoms with van der Waals surface area (Å²) in [5.74, 6) is 0.